The summed E-state index contributed by atoms with van der Waals surface area (Å²) in [5.41, 5.74) is 5.91. The van der Waals surface area contributed by atoms with Crippen molar-refractivity contribution >= 4 is 20.2 Å². The van der Waals surface area contributed by atoms with Crippen LogP contribution >= 0.6 is 0 Å². The largest absolute Gasteiger partial charge is 0.379 e. The lowest BCUT2D eigenvalue weighted by atomic mass is 9.64. The molecular formula is C41H36O6S2. The fourth-order valence-electron chi connectivity index (χ4n) is 6.07. The summed E-state index contributed by atoms with van der Waals surface area (Å²) in [6.07, 6.45) is 0. The van der Waals surface area contributed by atoms with E-state index in [0.29, 0.717) is 11.1 Å². The van der Waals surface area contributed by atoms with E-state index in [1.807, 2.05) is 88.4 Å². The van der Waals surface area contributed by atoms with Gasteiger partial charge < -0.3 is 8.37 Å². The molecule has 6 rings (SSSR count). The molecule has 0 amide bonds. The minimum Gasteiger partial charge on any atom is -0.379 e. The third-order valence-electron chi connectivity index (χ3n) is 8.65. The number of hydrogen-bond acceptors (Lipinski definition) is 6. The van der Waals surface area contributed by atoms with Gasteiger partial charge in [-0.2, -0.15) is 16.8 Å². The summed E-state index contributed by atoms with van der Waals surface area (Å²) < 4.78 is 64.2. The van der Waals surface area contributed by atoms with Gasteiger partial charge >= 0.3 is 20.2 Å². The summed E-state index contributed by atoms with van der Waals surface area (Å²) in [6, 6.07) is 44.1. The van der Waals surface area contributed by atoms with Gasteiger partial charge in [0.15, 0.2) is 0 Å². The van der Waals surface area contributed by atoms with Gasteiger partial charge in [0.1, 0.15) is 21.3 Å². The number of hydrogen-bond donors (Lipinski definition) is 0. The van der Waals surface area contributed by atoms with Crippen molar-refractivity contribution in [3.05, 3.63) is 190 Å². The van der Waals surface area contributed by atoms with E-state index >= 15 is 0 Å². The molecule has 0 aliphatic heterocycles. The Hall–Kier alpha value is -5.18. The van der Waals surface area contributed by atoms with E-state index in [9.17, 15) is 16.8 Å². The lowest BCUT2D eigenvalue weighted by molar-refractivity contribution is 0.482. The quantitative estimate of drug-likeness (QED) is 0.106. The van der Waals surface area contributed by atoms with Crippen LogP contribution < -0.4 is 8.37 Å². The first-order valence-electron chi connectivity index (χ1n) is 15.8. The summed E-state index contributed by atoms with van der Waals surface area (Å²) in [6.45, 7) is 7.42. The standard InChI is InChI=1S/C41H36O6S2/c1-29-15-21-37(22-16-29)48(42,43)46-39-25-19-35(27-31(39)3)41(33-11-7-5-8-12-33,34-13-9-6-10-14-34)36-20-26-40(32(4)28-36)47-49(44,45)38-23-17-30(2)18-24-38/h5-28H,1-4H3. The Bertz CT molecular complexity index is 2150. The molecule has 0 heterocycles. The first kappa shape index (κ1) is 33.7. The topological polar surface area (TPSA) is 86.7 Å². The zero-order valence-electron chi connectivity index (χ0n) is 27.6. The molecule has 0 radical (unpaired) electrons. The third-order valence-corrected chi connectivity index (χ3v) is 11.1. The first-order chi connectivity index (χ1) is 23.4. The Morgan fingerprint density at radius 3 is 1.08 bits per heavy atom. The summed E-state index contributed by atoms with van der Waals surface area (Å²) >= 11 is 0. The second-order valence-corrected chi connectivity index (χ2v) is 15.2. The molecule has 0 atom stereocenters. The van der Waals surface area contributed by atoms with E-state index in [-0.39, 0.29) is 21.3 Å². The molecule has 0 unspecified atom stereocenters. The van der Waals surface area contributed by atoms with E-state index in [1.165, 1.54) is 24.3 Å². The third kappa shape index (κ3) is 6.75. The monoisotopic (exact) mass is 688 g/mol. The molecule has 6 aromatic carbocycles. The Morgan fingerprint density at radius 2 is 0.755 bits per heavy atom. The molecule has 0 bridgehead atoms. The zero-order chi connectivity index (χ0) is 34.8. The molecule has 0 N–H and O–H groups in total. The highest BCUT2D eigenvalue weighted by Crippen LogP contribution is 2.47. The summed E-state index contributed by atoms with van der Waals surface area (Å²) in [7, 11) is -8.14. The highest BCUT2D eigenvalue weighted by molar-refractivity contribution is 7.87. The van der Waals surface area contributed by atoms with Gasteiger partial charge in [0.25, 0.3) is 0 Å². The van der Waals surface area contributed by atoms with Gasteiger partial charge in [0.2, 0.25) is 0 Å². The molecule has 0 aromatic heterocycles. The summed E-state index contributed by atoms with van der Waals surface area (Å²) in [4.78, 5) is 0.151. The van der Waals surface area contributed by atoms with Crippen LogP contribution in [0.3, 0.4) is 0 Å². The molecule has 0 aliphatic carbocycles. The van der Waals surface area contributed by atoms with Crippen LogP contribution in [0.1, 0.15) is 44.5 Å². The van der Waals surface area contributed by atoms with Crippen molar-refractivity contribution in [3.8, 4) is 11.5 Å². The Kier molecular flexibility index (Phi) is 9.20. The van der Waals surface area contributed by atoms with Gasteiger partial charge in [0, 0.05) is 0 Å². The smallest absolute Gasteiger partial charge is 0.339 e. The Labute approximate surface area is 288 Å². The molecule has 6 aromatic rings. The van der Waals surface area contributed by atoms with E-state index in [0.717, 1.165) is 33.4 Å². The average molecular weight is 689 g/mol. The molecule has 0 saturated carbocycles. The fourth-order valence-corrected chi connectivity index (χ4v) is 8.05. The van der Waals surface area contributed by atoms with Crippen molar-refractivity contribution in [2.24, 2.45) is 0 Å². The van der Waals surface area contributed by atoms with Crippen LogP contribution in [-0.4, -0.2) is 16.8 Å². The van der Waals surface area contributed by atoms with E-state index in [1.54, 1.807) is 36.4 Å². The van der Waals surface area contributed by atoms with Crippen LogP contribution in [0.25, 0.3) is 0 Å². The van der Waals surface area contributed by atoms with Gasteiger partial charge in [0.05, 0.1) is 5.41 Å². The lowest BCUT2D eigenvalue weighted by Gasteiger charge is -2.37. The summed E-state index contributed by atoms with van der Waals surface area (Å²) in [5.74, 6) is 0.446. The number of benzene rings is 6. The molecule has 6 nitrogen and oxygen atoms in total. The maximum atomic E-state index is 13.2. The predicted molar refractivity (Wildman–Crippen MR) is 192 cm³/mol. The van der Waals surface area contributed by atoms with Crippen molar-refractivity contribution < 1.29 is 25.2 Å². The van der Waals surface area contributed by atoms with Crippen molar-refractivity contribution in [2.45, 2.75) is 42.9 Å². The number of aryl methyl sites for hydroxylation is 4. The van der Waals surface area contributed by atoms with Gasteiger partial charge in [-0.1, -0.05) is 120 Å². The first-order valence-corrected chi connectivity index (χ1v) is 18.6. The van der Waals surface area contributed by atoms with Crippen LogP contribution in [0.15, 0.2) is 155 Å². The van der Waals surface area contributed by atoms with Crippen LogP contribution in [0.2, 0.25) is 0 Å². The molecule has 0 spiro atoms. The minimum absolute atomic E-state index is 0.0756. The predicted octanol–water partition coefficient (Wildman–Crippen LogP) is 8.84. The maximum absolute atomic E-state index is 13.2. The molecule has 0 aliphatic rings. The fraction of sp³-hybridized carbons (Fsp3) is 0.122. The van der Waals surface area contributed by atoms with Crippen molar-refractivity contribution in [3.63, 3.8) is 0 Å². The highest BCUT2D eigenvalue weighted by Gasteiger charge is 2.39. The van der Waals surface area contributed by atoms with Crippen LogP contribution in [0.4, 0.5) is 0 Å². The van der Waals surface area contributed by atoms with E-state index in [4.69, 9.17) is 8.37 Å². The molecule has 8 heteroatoms. The average Bonchev–Trinajstić information content (AvgIpc) is 3.09. The normalized spacial score (nSPS) is 12.0. The molecule has 0 saturated heterocycles. The summed E-state index contributed by atoms with van der Waals surface area (Å²) in [5, 5.41) is 0. The lowest BCUT2D eigenvalue weighted by Crippen LogP contribution is -2.31. The van der Waals surface area contributed by atoms with Gasteiger partial charge in [-0.25, -0.2) is 0 Å². The van der Waals surface area contributed by atoms with Gasteiger partial charge in [-0.05, 0) is 97.5 Å². The maximum Gasteiger partial charge on any atom is 0.339 e. The van der Waals surface area contributed by atoms with Crippen molar-refractivity contribution in [1.29, 1.82) is 0 Å². The second-order valence-electron chi connectivity index (χ2n) is 12.1. The number of rotatable bonds is 10. The molecule has 0 fully saturated rings. The molecular weight excluding hydrogens is 653 g/mol. The Balaban J connectivity index is 1.49. The van der Waals surface area contributed by atoms with E-state index < -0.39 is 25.7 Å². The second kappa shape index (κ2) is 13.4. The molecule has 248 valence electrons. The van der Waals surface area contributed by atoms with Crippen LogP contribution in [0, 0.1) is 27.7 Å². The molecule has 49 heavy (non-hydrogen) atoms. The minimum atomic E-state index is -4.07. The van der Waals surface area contributed by atoms with Gasteiger partial charge in [-0.15, -0.1) is 0 Å². The van der Waals surface area contributed by atoms with Crippen molar-refractivity contribution in [1.82, 2.24) is 0 Å². The van der Waals surface area contributed by atoms with Crippen molar-refractivity contribution in [2.75, 3.05) is 0 Å². The zero-order valence-corrected chi connectivity index (χ0v) is 29.3. The SMILES string of the molecule is Cc1ccc(S(=O)(=O)Oc2ccc(C(c3ccccc3)(c3ccccc3)c3ccc(OS(=O)(=O)c4ccc(C)cc4)c(C)c3)cc2C)cc1. The Morgan fingerprint density at radius 1 is 0.408 bits per heavy atom. The van der Waals surface area contributed by atoms with Crippen LogP contribution in [0.5, 0.6) is 11.5 Å². The van der Waals surface area contributed by atoms with Crippen LogP contribution in [-0.2, 0) is 25.7 Å². The highest BCUT2D eigenvalue weighted by atomic mass is 32.2. The van der Waals surface area contributed by atoms with Gasteiger partial charge in [-0.3, -0.25) is 0 Å². The van der Waals surface area contributed by atoms with E-state index in [2.05, 4.69) is 24.3 Å².